The van der Waals surface area contributed by atoms with E-state index in [0.717, 1.165) is 38.5 Å². The van der Waals surface area contributed by atoms with E-state index in [-0.39, 0.29) is 5.91 Å². The fourth-order valence-electron chi connectivity index (χ4n) is 3.85. The number of hydrogen-bond donors (Lipinski definition) is 0. The number of thiazole rings is 1. The fraction of sp³-hybridized carbons (Fsp3) is 0.529. The van der Waals surface area contributed by atoms with E-state index in [9.17, 15) is 4.79 Å². The van der Waals surface area contributed by atoms with Crippen LogP contribution in [0.5, 0.6) is 0 Å². The zero-order valence-electron chi connectivity index (χ0n) is 13.3. The van der Waals surface area contributed by atoms with Gasteiger partial charge in [-0.1, -0.05) is 0 Å². The van der Waals surface area contributed by atoms with Gasteiger partial charge >= 0.3 is 0 Å². The van der Waals surface area contributed by atoms with Crippen molar-refractivity contribution in [3.8, 4) is 0 Å². The summed E-state index contributed by atoms with van der Waals surface area (Å²) < 4.78 is 0. The van der Waals surface area contributed by atoms with Crippen LogP contribution in [-0.2, 0) is 6.54 Å². The van der Waals surface area contributed by atoms with Crippen LogP contribution in [0.25, 0.3) is 0 Å². The summed E-state index contributed by atoms with van der Waals surface area (Å²) in [7, 11) is 0. The highest BCUT2D eigenvalue weighted by Gasteiger charge is 2.38. The van der Waals surface area contributed by atoms with E-state index in [4.69, 9.17) is 0 Å². The maximum atomic E-state index is 12.5. The van der Waals surface area contributed by atoms with Gasteiger partial charge in [0.1, 0.15) is 5.69 Å². The normalized spacial score (nSPS) is 24.8. The number of nitrogens with zero attached hydrogens (tertiary/aromatic N) is 3. The van der Waals surface area contributed by atoms with Crippen molar-refractivity contribution in [2.75, 3.05) is 26.2 Å². The van der Waals surface area contributed by atoms with Crippen molar-refractivity contribution in [3.63, 3.8) is 0 Å². The highest BCUT2D eigenvalue weighted by Crippen LogP contribution is 2.33. The molecular weight excluding hydrogens is 326 g/mol. The molecule has 4 rings (SSSR count). The van der Waals surface area contributed by atoms with Gasteiger partial charge in [-0.3, -0.25) is 9.69 Å². The summed E-state index contributed by atoms with van der Waals surface area (Å²) in [5.41, 5.74) is 2.35. The van der Waals surface area contributed by atoms with Crippen molar-refractivity contribution < 1.29 is 4.79 Å². The number of aromatic nitrogens is 1. The molecule has 2 aliphatic rings. The van der Waals surface area contributed by atoms with Crippen LogP contribution in [0.15, 0.2) is 23.0 Å². The number of aryl methyl sites for hydroxylation is 1. The molecule has 0 unspecified atom stereocenters. The number of thiophene rings is 1. The molecule has 0 radical (unpaired) electrons. The number of piperidine rings is 1. The predicted octanol–water partition coefficient (Wildman–Crippen LogP) is 3.11. The molecule has 2 aromatic heterocycles. The van der Waals surface area contributed by atoms with E-state index in [1.807, 2.05) is 21.6 Å². The first-order valence-electron chi connectivity index (χ1n) is 8.14. The molecule has 2 aliphatic heterocycles. The minimum Gasteiger partial charge on any atom is -0.337 e. The predicted molar refractivity (Wildman–Crippen MR) is 93.9 cm³/mol. The summed E-state index contributed by atoms with van der Waals surface area (Å²) in [4.78, 5) is 24.1. The average molecular weight is 348 g/mol. The van der Waals surface area contributed by atoms with Crippen LogP contribution in [0.1, 0.15) is 26.7 Å². The van der Waals surface area contributed by atoms with Gasteiger partial charge < -0.3 is 4.90 Å². The zero-order chi connectivity index (χ0) is 15.8. The number of likely N-dealkylation sites (tertiary alicyclic amines) is 2. The fourth-order valence-corrected chi connectivity index (χ4v) is 5.31. The van der Waals surface area contributed by atoms with Gasteiger partial charge in [-0.2, -0.15) is 0 Å². The van der Waals surface area contributed by atoms with E-state index in [2.05, 4.69) is 28.9 Å². The topological polar surface area (TPSA) is 36.4 Å². The van der Waals surface area contributed by atoms with Crippen molar-refractivity contribution >= 4 is 28.6 Å². The van der Waals surface area contributed by atoms with Gasteiger partial charge in [0.15, 0.2) is 0 Å². The average Bonchev–Trinajstić information content (AvgIpc) is 3.26. The van der Waals surface area contributed by atoms with E-state index in [1.54, 1.807) is 5.51 Å². The number of hydrogen-bond acceptors (Lipinski definition) is 5. The summed E-state index contributed by atoms with van der Waals surface area (Å²) in [6.45, 7) is 7.29. The third-order valence-corrected chi connectivity index (χ3v) is 6.56. The Morgan fingerprint density at radius 3 is 2.91 bits per heavy atom. The lowest BCUT2D eigenvalue weighted by atomic mass is 9.88. The molecule has 2 atom stereocenters. The van der Waals surface area contributed by atoms with Crippen LogP contribution in [0.3, 0.4) is 0 Å². The van der Waals surface area contributed by atoms with Gasteiger partial charge in [0, 0.05) is 47.9 Å². The van der Waals surface area contributed by atoms with Crippen LogP contribution in [0.2, 0.25) is 0 Å². The van der Waals surface area contributed by atoms with Crippen LogP contribution in [0.4, 0.5) is 0 Å². The molecule has 23 heavy (non-hydrogen) atoms. The molecule has 122 valence electrons. The molecule has 0 spiro atoms. The molecule has 0 bridgehead atoms. The van der Waals surface area contributed by atoms with E-state index < -0.39 is 0 Å². The molecule has 4 heterocycles. The molecule has 0 aliphatic carbocycles. The van der Waals surface area contributed by atoms with Gasteiger partial charge in [-0.05, 0) is 37.3 Å². The molecule has 4 nitrogen and oxygen atoms in total. The Morgan fingerprint density at radius 2 is 2.17 bits per heavy atom. The summed E-state index contributed by atoms with van der Waals surface area (Å²) in [5.74, 6) is 1.47. The van der Waals surface area contributed by atoms with Crippen molar-refractivity contribution in [2.24, 2.45) is 11.8 Å². The van der Waals surface area contributed by atoms with Gasteiger partial charge in [-0.15, -0.1) is 22.7 Å². The Balaban J connectivity index is 1.37. The van der Waals surface area contributed by atoms with Crippen LogP contribution in [-0.4, -0.2) is 46.9 Å². The lowest BCUT2D eigenvalue weighted by molar-refractivity contribution is 0.0637. The monoisotopic (exact) mass is 347 g/mol. The highest BCUT2D eigenvalue weighted by molar-refractivity contribution is 7.11. The van der Waals surface area contributed by atoms with Crippen molar-refractivity contribution in [1.82, 2.24) is 14.8 Å². The summed E-state index contributed by atoms with van der Waals surface area (Å²) in [5, 5.41) is 1.86. The number of carbonyl (C=O) groups is 1. The second-order valence-electron chi connectivity index (χ2n) is 6.64. The van der Waals surface area contributed by atoms with Crippen LogP contribution >= 0.6 is 22.7 Å². The van der Waals surface area contributed by atoms with Gasteiger partial charge in [-0.25, -0.2) is 4.98 Å². The second kappa shape index (κ2) is 6.34. The highest BCUT2D eigenvalue weighted by atomic mass is 32.1. The second-order valence-corrected chi connectivity index (χ2v) is 8.73. The summed E-state index contributed by atoms with van der Waals surface area (Å²) in [6, 6.07) is 4.46. The van der Waals surface area contributed by atoms with Gasteiger partial charge in [0.25, 0.3) is 5.91 Å². The first kappa shape index (κ1) is 15.3. The Bertz CT molecular complexity index is 682. The van der Waals surface area contributed by atoms with Crippen LogP contribution in [0, 0.1) is 18.8 Å². The number of rotatable bonds is 3. The Hall–Kier alpha value is -1.24. The largest absolute Gasteiger partial charge is 0.337 e. The minimum atomic E-state index is 0.108. The molecule has 2 fully saturated rings. The maximum Gasteiger partial charge on any atom is 0.273 e. The number of amides is 1. The van der Waals surface area contributed by atoms with Crippen LogP contribution < -0.4 is 0 Å². The lowest BCUT2D eigenvalue weighted by Crippen LogP contribution is -2.43. The molecule has 2 saturated heterocycles. The zero-order valence-corrected chi connectivity index (χ0v) is 14.9. The number of fused-ring (bicyclic) bond motifs is 1. The molecule has 0 saturated carbocycles. The SMILES string of the molecule is Cc1ccc(CN2C[C@@H]3CCN(C(=O)c4cscn4)C[C@@H]3C2)s1. The maximum absolute atomic E-state index is 12.5. The molecule has 2 aromatic rings. The van der Waals surface area contributed by atoms with Crippen molar-refractivity contribution in [1.29, 1.82) is 0 Å². The van der Waals surface area contributed by atoms with E-state index in [1.165, 1.54) is 27.6 Å². The standard InChI is InChI=1S/C17H21N3OS2/c1-12-2-3-15(23-12)9-19-6-13-4-5-20(8-14(13)7-19)17(21)16-10-22-11-18-16/h2-3,10-11,13-14H,4-9H2,1H3/t13-,14-/m0/s1. The Labute approximate surface area is 144 Å². The van der Waals surface area contributed by atoms with E-state index >= 15 is 0 Å². The summed E-state index contributed by atoms with van der Waals surface area (Å²) >= 11 is 3.39. The third-order valence-electron chi connectivity index (χ3n) is 4.99. The van der Waals surface area contributed by atoms with Gasteiger partial charge in [0.05, 0.1) is 5.51 Å². The Kier molecular flexibility index (Phi) is 4.22. The Morgan fingerprint density at radius 1 is 1.30 bits per heavy atom. The number of carbonyl (C=O) groups excluding carboxylic acids is 1. The molecule has 6 heteroatoms. The van der Waals surface area contributed by atoms with Crippen molar-refractivity contribution in [2.45, 2.75) is 19.9 Å². The lowest BCUT2D eigenvalue weighted by Gasteiger charge is -2.34. The summed E-state index contributed by atoms with van der Waals surface area (Å²) in [6.07, 6.45) is 1.13. The molecular formula is C17H21N3OS2. The third kappa shape index (κ3) is 3.20. The molecule has 0 aromatic carbocycles. The smallest absolute Gasteiger partial charge is 0.273 e. The molecule has 0 N–H and O–H groups in total. The first-order valence-corrected chi connectivity index (χ1v) is 9.90. The van der Waals surface area contributed by atoms with Crippen molar-refractivity contribution in [3.05, 3.63) is 38.5 Å². The van der Waals surface area contributed by atoms with Gasteiger partial charge in [0.2, 0.25) is 0 Å². The minimum absolute atomic E-state index is 0.108. The quantitative estimate of drug-likeness (QED) is 0.856. The first-order chi connectivity index (χ1) is 11.2. The molecule has 1 amide bonds. The van der Waals surface area contributed by atoms with E-state index in [0.29, 0.717) is 11.6 Å².